The minimum atomic E-state index is -0.0624. The molecule has 2 amide bonds. The minimum absolute atomic E-state index is 0.0156. The zero-order valence-electron chi connectivity index (χ0n) is 10.8. The van der Waals surface area contributed by atoms with Gasteiger partial charge in [-0.3, -0.25) is 0 Å². The quantitative estimate of drug-likeness (QED) is 0.791. The number of aliphatic hydroxyl groups excluding tert-OH is 1. The van der Waals surface area contributed by atoms with Crippen molar-refractivity contribution in [1.82, 2.24) is 10.2 Å². The number of carbonyl (C=O) groups is 1. The highest BCUT2D eigenvalue weighted by Crippen LogP contribution is 2.28. The van der Waals surface area contributed by atoms with E-state index in [1.165, 1.54) is 19.3 Å². The van der Waals surface area contributed by atoms with Crippen LogP contribution < -0.4 is 5.32 Å². The van der Waals surface area contributed by atoms with Gasteiger partial charge in [0.15, 0.2) is 0 Å². The highest BCUT2D eigenvalue weighted by molar-refractivity contribution is 7.99. The first-order valence-electron chi connectivity index (χ1n) is 6.43. The molecule has 4 nitrogen and oxygen atoms in total. The molecule has 0 aromatic rings. The fraction of sp³-hybridized carbons (Fsp3) is 0.917. The first kappa shape index (κ1) is 14.6. The van der Waals surface area contributed by atoms with Gasteiger partial charge in [-0.05, 0) is 18.6 Å². The fourth-order valence-electron chi connectivity index (χ4n) is 2.20. The molecule has 2 unspecified atom stereocenters. The molecule has 1 saturated carbocycles. The molecule has 2 N–H and O–H groups in total. The Hall–Kier alpha value is -0.420. The first-order chi connectivity index (χ1) is 8.19. The van der Waals surface area contributed by atoms with E-state index in [1.807, 2.05) is 11.8 Å². The van der Waals surface area contributed by atoms with Crippen LogP contribution >= 0.6 is 11.8 Å². The Kier molecular flexibility index (Phi) is 6.73. The van der Waals surface area contributed by atoms with Gasteiger partial charge in [-0.15, -0.1) is 0 Å². The second-order valence-corrected chi connectivity index (χ2v) is 6.00. The number of likely N-dealkylation sites (N-methyl/N-ethyl adjacent to an activating group) is 1. The van der Waals surface area contributed by atoms with E-state index >= 15 is 0 Å². The van der Waals surface area contributed by atoms with Crippen LogP contribution in [0, 0.1) is 0 Å². The van der Waals surface area contributed by atoms with Gasteiger partial charge >= 0.3 is 6.03 Å². The van der Waals surface area contributed by atoms with Gasteiger partial charge in [0.2, 0.25) is 0 Å². The number of nitrogens with one attached hydrogen (secondary N) is 1. The van der Waals surface area contributed by atoms with Crippen LogP contribution in [0.15, 0.2) is 0 Å². The summed E-state index contributed by atoms with van der Waals surface area (Å²) in [7, 11) is 1.72. The lowest BCUT2D eigenvalue weighted by Crippen LogP contribution is -2.49. The van der Waals surface area contributed by atoms with Gasteiger partial charge in [-0.25, -0.2) is 4.79 Å². The van der Waals surface area contributed by atoms with Gasteiger partial charge in [-0.1, -0.05) is 19.8 Å². The molecule has 1 fully saturated rings. The number of amides is 2. The van der Waals surface area contributed by atoms with Gasteiger partial charge < -0.3 is 15.3 Å². The van der Waals surface area contributed by atoms with Crippen LogP contribution in [-0.2, 0) is 0 Å². The maximum Gasteiger partial charge on any atom is 0.317 e. The second-order valence-electron chi connectivity index (χ2n) is 4.48. The number of aliphatic hydroxyl groups is 1. The summed E-state index contributed by atoms with van der Waals surface area (Å²) >= 11 is 1.94. The van der Waals surface area contributed by atoms with Crippen molar-refractivity contribution in [2.24, 2.45) is 0 Å². The zero-order valence-corrected chi connectivity index (χ0v) is 11.6. The molecule has 1 aliphatic carbocycles. The molecule has 17 heavy (non-hydrogen) atoms. The summed E-state index contributed by atoms with van der Waals surface area (Å²) in [6.45, 7) is 2.57. The van der Waals surface area contributed by atoms with E-state index in [9.17, 15) is 4.79 Å². The molecule has 0 aromatic heterocycles. The summed E-state index contributed by atoms with van der Waals surface area (Å²) in [6.07, 6.45) is 4.76. The summed E-state index contributed by atoms with van der Waals surface area (Å²) in [5, 5.41) is 12.5. The number of hydrogen-bond donors (Lipinski definition) is 2. The number of hydrogen-bond acceptors (Lipinski definition) is 3. The fourth-order valence-corrected chi connectivity index (χ4v) is 3.39. The smallest absolute Gasteiger partial charge is 0.317 e. The Bertz CT molecular complexity index is 237. The summed E-state index contributed by atoms with van der Waals surface area (Å²) < 4.78 is 0. The van der Waals surface area contributed by atoms with Gasteiger partial charge in [0.1, 0.15) is 0 Å². The number of thioether (sulfide) groups is 1. The third kappa shape index (κ3) is 4.76. The molecule has 1 aliphatic rings. The lowest BCUT2D eigenvalue weighted by molar-refractivity contribution is 0.184. The minimum Gasteiger partial charge on any atom is -0.395 e. The Morgan fingerprint density at radius 2 is 2.18 bits per heavy atom. The van der Waals surface area contributed by atoms with E-state index < -0.39 is 0 Å². The maximum absolute atomic E-state index is 11.8. The van der Waals surface area contributed by atoms with Crippen LogP contribution in [0.1, 0.15) is 32.6 Å². The third-order valence-electron chi connectivity index (χ3n) is 3.17. The standard InChI is InChI=1S/C12H24N2O2S/c1-3-17-11-7-5-4-6-10(11)13-12(16)14(2)8-9-15/h10-11,15H,3-9H2,1-2H3,(H,13,16). The van der Waals surface area contributed by atoms with Crippen LogP contribution in [0.3, 0.4) is 0 Å². The van der Waals surface area contributed by atoms with Gasteiger partial charge in [0.05, 0.1) is 6.61 Å². The van der Waals surface area contributed by atoms with Crippen molar-refractivity contribution in [2.75, 3.05) is 26.0 Å². The van der Waals surface area contributed by atoms with Crippen molar-refractivity contribution in [3.05, 3.63) is 0 Å². The highest BCUT2D eigenvalue weighted by Gasteiger charge is 2.27. The molecule has 0 radical (unpaired) electrons. The Morgan fingerprint density at radius 1 is 1.47 bits per heavy atom. The number of rotatable bonds is 5. The van der Waals surface area contributed by atoms with Gasteiger partial charge in [-0.2, -0.15) is 11.8 Å². The first-order valence-corrected chi connectivity index (χ1v) is 7.48. The molecule has 2 atom stereocenters. The predicted octanol–water partition coefficient (Wildman–Crippen LogP) is 1.68. The van der Waals surface area contributed by atoms with Gasteiger partial charge in [0, 0.05) is 24.9 Å². The average Bonchev–Trinajstić information content (AvgIpc) is 2.32. The summed E-state index contributed by atoms with van der Waals surface area (Å²) in [6, 6.07) is 0.231. The van der Waals surface area contributed by atoms with Crippen molar-refractivity contribution < 1.29 is 9.90 Å². The second kappa shape index (κ2) is 7.82. The monoisotopic (exact) mass is 260 g/mol. The molecule has 0 aliphatic heterocycles. The zero-order chi connectivity index (χ0) is 12.7. The highest BCUT2D eigenvalue weighted by atomic mass is 32.2. The molecule has 100 valence electrons. The Balaban J connectivity index is 2.43. The Morgan fingerprint density at radius 3 is 2.82 bits per heavy atom. The van der Waals surface area contributed by atoms with Crippen LogP contribution in [0.5, 0.6) is 0 Å². The number of urea groups is 1. The van der Waals surface area contributed by atoms with Gasteiger partial charge in [0.25, 0.3) is 0 Å². The van der Waals surface area contributed by atoms with Crippen LogP contribution in [0.4, 0.5) is 4.79 Å². The topological polar surface area (TPSA) is 52.6 Å². The van der Waals surface area contributed by atoms with E-state index in [1.54, 1.807) is 11.9 Å². The van der Waals surface area contributed by atoms with Crippen molar-refractivity contribution in [3.63, 3.8) is 0 Å². The molecule has 0 aromatic carbocycles. The van der Waals surface area contributed by atoms with Crippen LogP contribution in [-0.4, -0.2) is 53.3 Å². The lowest BCUT2D eigenvalue weighted by Gasteiger charge is -2.32. The summed E-state index contributed by atoms with van der Waals surface area (Å²) in [5.74, 6) is 1.10. The molecular formula is C12H24N2O2S. The van der Waals surface area contributed by atoms with Crippen LogP contribution in [0.2, 0.25) is 0 Å². The molecule has 0 heterocycles. The van der Waals surface area contributed by atoms with E-state index in [2.05, 4.69) is 12.2 Å². The van der Waals surface area contributed by atoms with Crippen molar-refractivity contribution in [3.8, 4) is 0 Å². The van der Waals surface area contributed by atoms with Crippen molar-refractivity contribution in [2.45, 2.75) is 43.9 Å². The lowest BCUT2D eigenvalue weighted by atomic mass is 9.95. The van der Waals surface area contributed by atoms with E-state index in [4.69, 9.17) is 5.11 Å². The predicted molar refractivity (Wildman–Crippen MR) is 72.4 cm³/mol. The summed E-state index contributed by atoms with van der Waals surface area (Å²) in [5.41, 5.74) is 0. The molecule has 0 saturated heterocycles. The van der Waals surface area contributed by atoms with E-state index in [-0.39, 0.29) is 12.6 Å². The van der Waals surface area contributed by atoms with E-state index in [0.29, 0.717) is 17.8 Å². The molecule has 1 rings (SSSR count). The summed E-state index contributed by atoms with van der Waals surface area (Å²) in [4.78, 5) is 13.4. The van der Waals surface area contributed by atoms with Crippen molar-refractivity contribution in [1.29, 1.82) is 0 Å². The van der Waals surface area contributed by atoms with Crippen LogP contribution in [0.25, 0.3) is 0 Å². The van der Waals surface area contributed by atoms with Crippen molar-refractivity contribution >= 4 is 17.8 Å². The Labute approximate surface area is 108 Å². The number of nitrogens with zero attached hydrogens (tertiary/aromatic N) is 1. The largest absolute Gasteiger partial charge is 0.395 e. The normalized spacial score (nSPS) is 24.4. The average molecular weight is 260 g/mol. The molecule has 5 heteroatoms. The maximum atomic E-state index is 11.8. The molecule has 0 bridgehead atoms. The number of carbonyl (C=O) groups excluding carboxylic acids is 1. The van der Waals surface area contributed by atoms with E-state index in [0.717, 1.165) is 12.2 Å². The SMILES string of the molecule is CCSC1CCCCC1NC(=O)N(C)CCO. The molecule has 0 spiro atoms. The third-order valence-corrected chi connectivity index (χ3v) is 4.50. The molecular weight excluding hydrogens is 236 g/mol.